The molecule has 100 valence electrons. The van der Waals surface area contributed by atoms with Crippen LogP contribution < -0.4 is 11.1 Å². The molecule has 18 heavy (non-hydrogen) atoms. The molecule has 1 heterocycles. The van der Waals surface area contributed by atoms with Crippen LogP contribution in [0.25, 0.3) is 0 Å². The first kappa shape index (κ1) is 14.2. The van der Waals surface area contributed by atoms with Crippen molar-refractivity contribution in [2.24, 2.45) is 0 Å². The monoisotopic (exact) mass is 253 g/mol. The summed E-state index contributed by atoms with van der Waals surface area (Å²) in [5, 5.41) is 3.05. The number of anilines is 2. The minimum absolute atomic E-state index is 0.310. The summed E-state index contributed by atoms with van der Waals surface area (Å²) in [6.45, 7) is 4.36. The lowest BCUT2D eigenvalue weighted by Crippen LogP contribution is -2.32. The molecule has 0 atom stereocenters. The molecule has 0 aliphatic carbocycles. The van der Waals surface area contributed by atoms with Crippen molar-refractivity contribution in [3.8, 4) is 0 Å². The van der Waals surface area contributed by atoms with Gasteiger partial charge in [0.25, 0.3) is 0 Å². The number of nitrogens with zero attached hydrogens (tertiary/aromatic N) is 1. The van der Waals surface area contributed by atoms with Crippen LogP contribution in [0, 0.1) is 0 Å². The van der Waals surface area contributed by atoms with Gasteiger partial charge in [0.05, 0.1) is 24.6 Å². The first-order valence-electron chi connectivity index (χ1n) is 5.52. The number of nitrogens with two attached hydrogens (primary N) is 1. The summed E-state index contributed by atoms with van der Waals surface area (Å²) in [4.78, 5) is 15.7. The van der Waals surface area contributed by atoms with Crippen LogP contribution >= 0.6 is 0 Å². The molecule has 6 nitrogen and oxygen atoms in total. The molecule has 1 rings (SSSR count). The van der Waals surface area contributed by atoms with Crippen molar-refractivity contribution in [1.82, 2.24) is 4.98 Å². The second-order valence-electron chi connectivity index (χ2n) is 4.47. The first-order valence-corrected chi connectivity index (χ1v) is 5.52. The van der Waals surface area contributed by atoms with Gasteiger partial charge in [-0.25, -0.2) is 9.78 Å². The largest absolute Gasteiger partial charge is 0.465 e. The van der Waals surface area contributed by atoms with E-state index >= 15 is 0 Å². The van der Waals surface area contributed by atoms with E-state index < -0.39 is 5.97 Å². The van der Waals surface area contributed by atoms with Crippen molar-refractivity contribution in [3.63, 3.8) is 0 Å². The van der Waals surface area contributed by atoms with E-state index in [1.54, 1.807) is 7.11 Å². The molecule has 0 aliphatic rings. The van der Waals surface area contributed by atoms with Crippen molar-refractivity contribution >= 4 is 17.5 Å². The molecule has 0 bridgehead atoms. The van der Waals surface area contributed by atoms with E-state index in [1.807, 2.05) is 13.8 Å². The molecule has 0 spiro atoms. The molecule has 0 fully saturated rings. The summed E-state index contributed by atoms with van der Waals surface area (Å²) >= 11 is 0. The maximum Gasteiger partial charge on any atom is 0.341 e. The van der Waals surface area contributed by atoms with Gasteiger partial charge in [-0.3, -0.25) is 0 Å². The molecule has 1 aromatic rings. The Labute approximate surface area is 106 Å². The Morgan fingerprint density at radius 3 is 2.72 bits per heavy atom. The van der Waals surface area contributed by atoms with Gasteiger partial charge in [0.1, 0.15) is 11.4 Å². The highest BCUT2D eigenvalue weighted by Gasteiger charge is 2.19. The number of methoxy groups -OCH3 is 2. The molecule has 1 aromatic heterocycles. The zero-order chi connectivity index (χ0) is 13.8. The van der Waals surface area contributed by atoms with Gasteiger partial charge in [-0.1, -0.05) is 0 Å². The Hall–Kier alpha value is -1.82. The molecule has 0 radical (unpaired) electrons. The van der Waals surface area contributed by atoms with Crippen molar-refractivity contribution in [3.05, 3.63) is 17.8 Å². The number of hydrogen-bond acceptors (Lipinski definition) is 6. The number of aromatic nitrogens is 1. The predicted octanol–water partition coefficient (Wildman–Crippen LogP) is 1.29. The standard InChI is InChI=1S/C12H19N3O3/c1-12(2,18-4)7-15-10-9(11(16)17-3)5-8(13)6-14-10/h5-6H,7,13H2,1-4H3,(H,14,15). The predicted molar refractivity (Wildman–Crippen MR) is 69.6 cm³/mol. The molecule has 0 unspecified atom stereocenters. The van der Waals surface area contributed by atoms with E-state index in [2.05, 4.69) is 15.0 Å². The van der Waals surface area contributed by atoms with E-state index in [4.69, 9.17) is 10.5 Å². The van der Waals surface area contributed by atoms with Crippen molar-refractivity contribution in [2.75, 3.05) is 31.8 Å². The number of carbonyl (C=O) groups excluding carboxylic acids is 1. The van der Waals surface area contributed by atoms with Crippen LogP contribution in [0.3, 0.4) is 0 Å². The van der Waals surface area contributed by atoms with Gasteiger partial charge in [0.15, 0.2) is 0 Å². The fourth-order valence-corrected chi connectivity index (χ4v) is 1.26. The number of esters is 1. The summed E-state index contributed by atoms with van der Waals surface area (Å²) < 4.78 is 9.96. The quantitative estimate of drug-likeness (QED) is 0.769. The van der Waals surface area contributed by atoms with Crippen LogP contribution in [-0.4, -0.2) is 37.3 Å². The van der Waals surface area contributed by atoms with Crippen LogP contribution in [0.2, 0.25) is 0 Å². The van der Waals surface area contributed by atoms with Crippen LogP contribution in [0.1, 0.15) is 24.2 Å². The average molecular weight is 253 g/mol. The molecular weight excluding hydrogens is 234 g/mol. The number of pyridine rings is 1. The van der Waals surface area contributed by atoms with E-state index in [0.717, 1.165) is 0 Å². The lowest BCUT2D eigenvalue weighted by Gasteiger charge is -2.24. The normalized spacial score (nSPS) is 11.1. The van der Waals surface area contributed by atoms with Crippen LogP contribution in [0.15, 0.2) is 12.3 Å². The number of ether oxygens (including phenoxy) is 2. The van der Waals surface area contributed by atoms with Crippen molar-refractivity contribution in [1.29, 1.82) is 0 Å². The molecule has 0 aliphatic heterocycles. The maximum absolute atomic E-state index is 11.6. The third-order valence-electron chi connectivity index (χ3n) is 2.55. The molecular formula is C12H19N3O3. The highest BCUT2D eigenvalue weighted by atomic mass is 16.5. The van der Waals surface area contributed by atoms with Crippen LogP contribution in [-0.2, 0) is 9.47 Å². The van der Waals surface area contributed by atoms with Gasteiger partial charge in [0.2, 0.25) is 0 Å². The molecule has 0 amide bonds. The Balaban J connectivity index is 2.91. The highest BCUT2D eigenvalue weighted by molar-refractivity contribution is 5.95. The average Bonchev–Trinajstić information content (AvgIpc) is 2.36. The summed E-state index contributed by atoms with van der Waals surface area (Å²) in [7, 11) is 2.94. The second kappa shape index (κ2) is 5.68. The van der Waals surface area contributed by atoms with Crippen LogP contribution in [0.5, 0.6) is 0 Å². The summed E-state index contributed by atoms with van der Waals surface area (Å²) in [5.41, 5.74) is 5.96. The van der Waals surface area contributed by atoms with E-state index in [-0.39, 0.29) is 5.60 Å². The zero-order valence-electron chi connectivity index (χ0n) is 11.1. The number of rotatable bonds is 5. The molecule has 0 saturated carbocycles. The van der Waals surface area contributed by atoms with Gasteiger partial charge < -0.3 is 20.5 Å². The highest BCUT2D eigenvalue weighted by Crippen LogP contribution is 2.18. The number of nitrogen functional groups attached to an aromatic ring is 1. The minimum Gasteiger partial charge on any atom is -0.465 e. The van der Waals surface area contributed by atoms with E-state index in [0.29, 0.717) is 23.6 Å². The van der Waals surface area contributed by atoms with Crippen molar-refractivity contribution in [2.45, 2.75) is 19.4 Å². The fourth-order valence-electron chi connectivity index (χ4n) is 1.26. The van der Waals surface area contributed by atoms with E-state index in [1.165, 1.54) is 19.4 Å². The zero-order valence-corrected chi connectivity index (χ0v) is 11.1. The Kier molecular flexibility index (Phi) is 4.49. The first-order chi connectivity index (χ1) is 8.39. The maximum atomic E-state index is 11.6. The summed E-state index contributed by atoms with van der Waals surface area (Å²) in [6, 6.07) is 1.53. The Morgan fingerprint density at radius 2 is 2.17 bits per heavy atom. The number of carbonyl (C=O) groups is 1. The number of nitrogens with one attached hydrogen (secondary N) is 1. The van der Waals surface area contributed by atoms with E-state index in [9.17, 15) is 4.79 Å². The molecule has 3 N–H and O–H groups in total. The Bertz CT molecular complexity index is 433. The van der Waals surface area contributed by atoms with Gasteiger partial charge in [-0.15, -0.1) is 0 Å². The van der Waals surface area contributed by atoms with Gasteiger partial charge >= 0.3 is 5.97 Å². The van der Waals surface area contributed by atoms with Gasteiger partial charge in [0, 0.05) is 13.7 Å². The summed E-state index contributed by atoms with van der Waals surface area (Å²) in [6.07, 6.45) is 1.48. The minimum atomic E-state index is -0.479. The number of hydrogen-bond donors (Lipinski definition) is 2. The van der Waals surface area contributed by atoms with Gasteiger partial charge in [-0.05, 0) is 19.9 Å². The lowest BCUT2D eigenvalue weighted by molar-refractivity contribution is 0.0342. The van der Waals surface area contributed by atoms with Crippen LogP contribution in [0.4, 0.5) is 11.5 Å². The molecule has 0 aromatic carbocycles. The fraction of sp³-hybridized carbons (Fsp3) is 0.500. The third-order valence-corrected chi connectivity index (χ3v) is 2.55. The molecule has 6 heteroatoms. The third kappa shape index (κ3) is 3.59. The molecule has 0 saturated heterocycles. The van der Waals surface area contributed by atoms with Crippen molar-refractivity contribution < 1.29 is 14.3 Å². The second-order valence-corrected chi connectivity index (χ2v) is 4.47. The Morgan fingerprint density at radius 1 is 1.50 bits per heavy atom. The van der Waals surface area contributed by atoms with Gasteiger partial charge in [-0.2, -0.15) is 0 Å². The SMILES string of the molecule is COC(=O)c1cc(N)cnc1NCC(C)(C)OC. The summed E-state index contributed by atoms with van der Waals surface area (Å²) in [5.74, 6) is -0.0475. The lowest BCUT2D eigenvalue weighted by atomic mass is 10.1. The topological polar surface area (TPSA) is 86.5 Å². The smallest absolute Gasteiger partial charge is 0.341 e.